The summed E-state index contributed by atoms with van der Waals surface area (Å²) in [6.45, 7) is 12.9. The largest absolute Gasteiger partial charge is 0.494 e. The van der Waals surface area contributed by atoms with Crippen molar-refractivity contribution in [1.82, 2.24) is 10.2 Å². The standard InChI is InChI=1S/C29H43N3O6/c1-7-37-19-11-9-18(10-12-19)30-24(34)21-20-13-14-29(38-20)22(21)26(36)32(15-8-16-33)23(29)25(35)31-28(5,6)17-27(2,3)4/h9-12,20-23,33H,7-8,13-17H2,1-6H3,(H,30,34)(H,31,35)/t20-,21+,22-,23?,29?/m0/s1. The highest BCUT2D eigenvalue weighted by molar-refractivity contribution is 6.02. The molecule has 3 aliphatic rings. The minimum Gasteiger partial charge on any atom is -0.494 e. The van der Waals surface area contributed by atoms with Crippen molar-refractivity contribution in [2.24, 2.45) is 17.3 Å². The highest BCUT2D eigenvalue weighted by Crippen LogP contribution is 2.58. The number of anilines is 1. The third kappa shape index (κ3) is 5.41. The number of amides is 3. The Hall–Kier alpha value is -2.65. The maximum absolute atomic E-state index is 13.9. The number of nitrogens with one attached hydrogen (secondary N) is 2. The Morgan fingerprint density at radius 3 is 2.45 bits per heavy atom. The van der Waals surface area contributed by atoms with Crippen LogP contribution in [0.5, 0.6) is 5.75 Å². The zero-order valence-electron chi connectivity index (χ0n) is 23.5. The van der Waals surface area contributed by atoms with Crippen LogP contribution in [0, 0.1) is 17.3 Å². The van der Waals surface area contributed by atoms with Crippen LogP contribution in [0.4, 0.5) is 5.69 Å². The summed E-state index contributed by atoms with van der Waals surface area (Å²) in [6.07, 6.45) is 1.80. The summed E-state index contributed by atoms with van der Waals surface area (Å²) in [5.41, 5.74) is -0.959. The number of fused-ring (bicyclic) bond motifs is 1. The lowest BCUT2D eigenvalue weighted by Crippen LogP contribution is -2.59. The van der Waals surface area contributed by atoms with Crippen LogP contribution in [0.2, 0.25) is 0 Å². The fourth-order valence-corrected chi connectivity index (χ4v) is 7.03. The van der Waals surface area contributed by atoms with E-state index in [2.05, 4.69) is 31.4 Å². The van der Waals surface area contributed by atoms with Gasteiger partial charge in [-0.3, -0.25) is 14.4 Å². The molecule has 0 aromatic heterocycles. The lowest BCUT2D eigenvalue weighted by Gasteiger charge is -2.38. The smallest absolute Gasteiger partial charge is 0.246 e. The van der Waals surface area contributed by atoms with Crippen molar-refractivity contribution in [2.45, 2.75) is 90.5 Å². The summed E-state index contributed by atoms with van der Waals surface area (Å²) in [5.74, 6) is -1.52. The molecular weight excluding hydrogens is 486 g/mol. The molecule has 3 aliphatic heterocycles. The van der Waals surface area contributed by atoms with Crippen molar-refractivity contribution in [2.75, 3.05) is 25.1 Å². The van der Waals surface area contributed by atoms with E-state index in [1.54, 1.807) is 29.2 Å². The Bertz CT molecular complexity index is 1050. The Balaban J connectivity index is 1.59. The van der Waals surface area contributed by atoms with Crippen LogP contribution in [-0.4, -0.2) is 70.8 Å². The van der Waals surface area contributed by atoms with Gasteiger partial charge in [0.1, 0.15) is 17.4 Å². The van der Waals surface area contributed by atoms with Gasteiger partial charge in [-0.2, -0.15) is 0 Å². The number of ether oxygens (including phenoxy) is 2. The average Bonchev–Trinajstić information content (AvgIpc) is 3.44. The first kappa shape index (κ1) is 28.4. The minimum absolute atomic E-state index is 0.00790. The summed E-state index contributed by atoms with van der Waals surface area (Å²) in [6, 6.07) is 6.26. The van der Waals surface area contributed by atoms with Crippen LogP contribution in [0.3, 0.4) is 0 Å². The van der Waals surface area contributed by atoms with E-state index in [0.717, 1.165) is 6.42 Å². The van der Waals surface area contributed by atoms with Crippen molar-refractivity contribution >= 4 is 23.4 Å². The van der Waals surface area contributed by atoms with Crippen LogP contribution in [0.25, 0.3) is 0 Å². The maximum atomic E-state index is 13.9. The van der Waals surface area contributed by atoms with E-state index in [-0.39, 0.29) is 36.3 Å². The molecule has 3 amide bonds. The van der Waals surface area contributed by atoms with Gasteiger partial charge in [-0.05, 0) is 76.1 Å². The number of carbonyl (C=O) groups excluding carboxylic acids is 3. The molecule has 3 saturated heterocycles. The predicted molar refractivity (Wildman–Crippen MR) is 144 cm³/mol. The molecule has 3 N–H and O–H groups in total. The lowest BCUT2D eigenvalue weighted by molar-refractivity contribution is -0.142. The normalized spacial score (nSPS) is 28.4. The number of benzene rings is 1. The van der Waals surface area contributed by atoms with Crippen molar-refractivity contribution in [1.29, 1.82) is 0 Å². The van der Waals surface area contributed by atoms with Gasteiger partial charge in [0, 0.05) is 24.4 Å². The molecule has 2 unspecified atom stereocenters. The van der Waals surface area contributed by atoms with Gasteiger partial charge in [0.15, 0.2) is 0 Å². The van der Waals surface area contributed by atoms with Gasteiger partial charge in [-0.25, -0.2) is 0 Å². The third-order valence-corrected chi connectivity index (χ3v) is 7.78. The number of nitrogens with zero attached hydrogens (tertiary/aromatic N) is 1. The molecule has 9 nitrogen and oxygen atoms in total. The van der Waals surface area contributed by atoms with Crippen molar-refractivity contribution in [3.63, 3.8) is 0 Å². The third-order valence-electron chi connectivity index (χ3n) is 7.78. The molecule has 1 spiro atoms. The van der Waals surface area contributed by atoms with Gasteiger partial charge in [-0.1, -0.05) is 20.8 Å². The Kier molecular flexibility index (Phi) is 7.83. The number of carbonyl (C=O) groups is 3. The number of likely N-dealkylation sites (tertiary alicyclic amines) is 1. The zero-order valence-corrected chi connectivity index (χ0v) is 23.5. The summed E-state index contributed by atoms with van der Waals surface area (Å²) >= 11 is 0. The summed E-state index contributed by atoms with van der Waals surface area (Å²) in [7, 11) is 0. The highest BCUT2D eigenvalue weighted by atomic mass is 16.5. The fourth-order valence-electron chi connectivity index (χ4n) is 7.03. The van der Waals surface area contributed by atoms with Crippen molar-refractivity contribution in [3.8, 4) is 5.75 Å². The van der Waals surface area contributed by atoms with Gasteiger partial charge in [0.25, 0.3) is 0 Å². The quantitative estimate of drug-likeness (QED) is 0.429. The molecule has 3 fully saturated rings. The number of aliphatic hydroxyl groups excluding tert-OH is 1. The first-order chi connectivity index (χ1) is 17.8. The molecule has 3 heterocycles. The molecule has 1 aromatic carbocycles. The molecule has 0 radical (unpaired) electrons. The minimum atomic E-state index is -1.06. The fraction of sp³-hybridized carbons (Fsp3) is 0.690. The number of hydrogen-bond donors (Lipinski definition) is 3. The van der Waals surface area contributed by atoms with Crippen LogP contribution >= 0.6 is 0 Å². The number of aliphatic hydroxyl groups is 1. The first-order valence-corrected chi connectivity index (χ1v) is 13.8. The van der Waals surface area contributed by atoms with E-state index in [0.29, 0.717) is 37.3 Å². The van der Waals surface area contributed by atoms with Crippen molar-refractivity contribution in [3.05, 3.63) is 24.3 Å². The van der Waals surface area contributed by atoms with Gasteiger partial charge in [0.2, 0.25) is 17.7 Å². The highest BCUT2D eigenvalue weighted by Gasteiger charge is 2.74. The number of rotatable bonds is 10. The molecule has 210 valence electrons. The summed E-state index contributed by atoms with van der Waals surface area (Å²) in [5, 5.41) is 15.6. The van der Waals surface area contributed by atoms with E-state index < -0.39 is 35.1 Å². The van der Waals surface area contributed by atoms with Crippen LogP contribution in [0.1, 0.15) is 67.2 Å². The van der Waals surface area contributed by atoms with Gasteiger partial charge in [0.05, 0.1) is 24.5 Å². The second-order valence-corrected chi connectivity index (χ2v) is 12.7. The Labute approximate surface area is 225 Å². The SMILES string of the molecule is CCOc1ccc(NC(=O)[C@@H]2[C@@H]3CCC4(O3)C(C(=O)NC(C)(C)CC(C)(C)C)N(CCCO)C(=O)[C@H]24)cc1. The van der Waals surface area contributed by atoms with Crippen LogP contribution in [0.15, 0.2) is 24.3 Å². The topological polar surface area (TPSA) is 117 Å². The number of hydrogen-bond acceptors (Lipinski definition) is 6. The van der Waals surface area contributed by atoms with Gasteiger partial charge >= 0.3 is 0 Å². The van der Waals surface area contributed by atoms with Crippen LogP contribution in [-0.2, 0) is 19.1 Å². The second kappa shape index (κ2) is 10.5. The van der Waals surface area contributed by atoms with E-state index >= 15 is 0 Å². The summed E-state index contributed by atoms with van der Waals surface area (Å²) in [4.78, 5) is 42.8. The second-order valence-electron chi connectivity index (χ2n) is 12.7. The molecule has 0 saturated carbocycles. The molecule has 0 aliphatic carbocycles. The summed E-state index contributed by atoms with van der Waals surface area (Å²) < 4.78 is 11.9. The first-order valence-electron chi connectivity index (χ1n) is 13.8. The van der Waals surface area contributed by atoms with E-state index in [9.17, 15) is 19.5 Å². The van der Waals surface area contributed by atoms with E-state index in [4.69, 9.17) is 9.47 Å². The lowest BCUT2D eigenvalue weighted by atomic mass is 9.70. The monoisotopic (exact) mass is 529 g/mol. The van der Waals surface area contributed by atoms with Crippen LogP contribution < -0.4 is 15.4 Å². The molecular formula is C29H43N3O6. The van der Waals surface area contributed by atoms with Gasteiger partial charge < -0.3 is 30.1 Å². The molecule has 4 rings (SSSR count). The maximum Gasteiger partial charge on any atom is 0.246 e. The Morgan fingerprint density at radius 1 is 1.16 bits per heavy atom. The van der Waals surface area contributed by atoms with E-state index in [1.165, 1.54) is 0 Å². The molecule has 5 atom stereocenters. The molecule has 2 bridgehead atoms. The van der Waals surface area contributed by atoms with Gasteiger partial charge in [-0.15, -0.1) is 0 Å². The average molecular weight is 530 g/mol. The van der Waals surface area contributed by atoms with Crippen molar-refractivity contribution < 1.29 is 29.0 Å². The molecule has 1 aromatic rings. The Morgan fingerprint density at radius 2 is 1.84 bits per heavy atom. The molecule has 9 heteroatoms. The predicted octanol–water partition coefficient (Wildman–Crippen LogP) is 3.11. The van der Waals surface area contributed by atoms with E-state index in [1.807, 2.05) is 20.8 Å². The zero-order chi connectivity index (χ0) is 27.9. The molecule has 38 heavy (non-hydrogen) atoms.